The number of fused-ring (bicyclic) bond motifs is 17. The quantitative estimate of drug-likeness (QED) is 0.153. The van der Waals surface area contributed by atoms with Crippen LogP contribution in [0.3, 0.4) is 0 Å². The van der Waals surface area contributed by atoms with Crippen LogP contribution in [0.5, 0.6) is 0 Å². The Morgan fingerprint density at radius 3 is 1.81 bits per heavy atom. The summed E-state index contributed by atoms with van der Waals surface area (Å²) >= 11 is 2.02. The largest absolute Gasteiger partial charge is 0.455 e. The summed E-state index contributed by atoms with van der Waals surface area (Å²) in [7, 11) is 0. The first kappa shape index (κ1) is 41.9. The number of para-hydroxylation sites is 1. The molecule has 338 valence electrons. The van der Waals surface area contributed by atoms with Gasteiger partial charge in [-0.15, -0.1) is 11.3 Å². The number of hydrogen-bond acceptors (Lipinski definition) is 3. The highest BCUT2D eigenvalue weighted by Gasteiger charge is 2.50. The Balaban J connectivity index is 1.30. The smallest absolute Gasteiger partial charge is 0.343 e. The third-order valence-electron chi connectivity index (χ3n) is 17.6. The molecule has 5 heterocycles. The van der Waals surface area contributed by atoms with Crippen molar-refractivity contribution >= 4 is 93.6 Å². The van der Waals surface area contributed by atoms with Gasteiger partial charge in [0.05, 0.1) is 22.1 Å². The van der Waals surface area contributed by atoms with E-state index in [2.05, 4.69) is 197 Å². The van der Waals surface area contributed by atoms with Crippen molar-refractivity contribution in [2.24, 2.45) is 0 Å². The van der Waals surface area contributed by atoms with E-state index in [9.17, 15) is 0 Å². The maximum Gasteiger partial charge on any atom is 0.343 e. The predicted molar refractivity (Wildman–Crippen MR) is 290 cm³/mol. The van der Waals surface area contributed by atoms with Gasteiger partial charge in [0.15, 0.2) is 0 Å². The third kappa shape index (κ3) is 5.53. The number of rotatable bonds is 1. The molecule has 0 unspecified atom stereocenters. The van der Waals surface area contributed by atoms with Gasteiger partial charge in [-0.25, -0.2) is 0 Å². The van der Waals surface area contributed by atoms with Crippen LogP contribution in [0.4, 0.5) is 11.4 Å². The average molecular weight is 897 g/mol. The van der Waals surface area contributed by atoms with E-state index in [1.807, 2.05) is 11.3 Å². The lowest BCUT2D eigenvalue weighted by molar-refractivity contribution is 0.332. The second kappa shape index (κ2) is 12.9. The van der Waals surface area contributed by atoms with Gasteiger partial charge in [-0.2, -0.15) is 0 Å². The Labute approximate surface area is 401 Å². The number of benzene rings is 6. The summed E-state index contributed by atoms with van der Waals surface area (Å²) in [5, 5.41) is 6.38. The van der Waals surface area contributed by atoms with Gasteiger partial charge in [0.1, 0.15) is 11.2 Å². The molecule has 0 bridgehead atoms. The molecular formula is C62H65BN2OS. The van der Waals surface area contributed by atoms with Crippen LogP contribution in [0.15, 0.2) is 95.4 Å². The van der Waals surface area contributed by atoms with Crippen LogP contribution >= 0.6 is 11.3 Å². The van der Waals surface area contributed by atoms with E-state index in [1.54, 1.807) is 0 Å². The molecule has 9 aromatic rings. The highest BCUT2D eigenvalue weighted by molar-refractivity contribution is 7.32. The zero-order chi connectivity index (χ0) is 46.9. The average Bonchev–Trinajstić information content (AvgIpc) is 3.95. The first-order chi connectivity index (χ1) is 31.5. The van der Waals surface area contributed by atoms with Gasteiger partial charge < -0.3 is 13.8 Å². The molecular weight excluding hydrogens is 832 g/mol. The van der Waals surface area contributed by atoms with Crippen molar-refractivity contribution in [1.82, 2.24) is 4.57 Å². The normalized spacial score (nSPS) is 18.8. The summed E-state index contributed by atoms with van der Waals surface area (Å²) in [6, 6.07) is 36.5. The summed E-state index contributed by atoms with van der Waals surface area (Å²) in [4.78, 5) is 2.78. The Bertz CT molecular complexity index is 3660. The molecule has 2 aliphatic carbocycles. The van der Waals surface area contributed by atoms with Crippen molar-refractivity contribution in [2.45, 2.75) is 155 Å². The minimum absolute atomic E-state index is 0.00373. The molecule has 0 N–H and O–H groups in total. The highest BCUT2D eigenvalue weighted by Crippen LogP contribution is 2.57. The fourth-order valence-corrected chi connectivity index (χ4v) is 14.5. The van der Waals surface area contributed by atoms with Crippen LogP contribution in [-0.2, 0) is 32.5 Å². The van der Waals surface area contributed by atoms with Crippen molar-refractivity contribution in [2.75, 3.05) is 4.81 Å². The molecule has 0 amide bonds. The first-order valence-corrected chi connectivity index (χ1v) is 25.9. The van der Waals surface area contributed by atoms with E-state index in [1.165, 1.54) is 127 Å². The molecule has 0 radical (unpaired) electrons. The maximum atomic E-state index is 7.40. The van der Waals surface area contributed by atoms with E-state index >= 15 is 0 Å². The lowest BCUT2D eigenvalue weighted by Crippen LogP contribution is -2.59. The number of anilines is 2. The minimum atomic E-state index is -0.0777. The van der Waals surface area contributed by atoms with Crippen LogP contribution in [0, 0.1) is 0 Å². The number of aromatic nitrogens is 1. The van der Waals surface area contributed by atoms with Gasteiger partial charge in [-0.05, 0) is 157 Å². The Kier molecular flexibility index (Phi) is 8.05. The fraction of sp³-hybridized carbons (Fsp3) is 0.387. The molecule has 0 atom stereocenters. The molecule has 0 saturated carbocycles. The molecule has 0 spiro atoms. The predicted octanol–water partition coefficient (Wildman–Crippen LogP) is 16.4. The fourth-order valence-electron chi connectivity index (χ4n) is 13.2. The highest BCUT2D eigenvalue weighted by atomic mass is 32.1. The van der Waals surface area contributed by atoms with Gasteiger partial charge >= 0.3 is 6.85 Å². The Morgan fingerprint density at radius 1 is 0.582 bits per heavy atom. The Hall–Kier alpha value is -5.26. The molecule has 3 nitrogen and oxygen atoms in total. The molecule has 5 heteroatoms. The second-order valence-electron chi connectivity index (χ2n) is 25.9. The molecule has 67 heavy (non-hydrogen) atoms. The lowest BCUT2D eigenvalue weighted by atomic mass is 9.46. The monoisotopic (exact) mass is 896 g/mol. The molecule has 4 aliphatic rings. The lowest BCUT2D eigenvalue weighted by Gasteiger charge is -2.46. The molecule has 0 fully saturated rings. The van der Waals surface area contributed by atoms with Gasteiger partial charge in [0, 0.05) is 48.0 Å². The van der Waals surface area contributed by atoms with Crippen molar-refractivity contribution in [3.8, 4) is 16.8 Å². The van der Waals surface area contributed by atoms with Gasteiger partial charge in [0.25, 0.3) is 0 Å². The van der Waals surface area contributed by atoms with Crippen molar-refractivity contribution in [1.29, 1.82) is 0 Å². The second-order valence-corrected chi connectivity index (χ2v) is 26.9. The molecule has 3 aromatic heterocycles. The molecule has 6 aromatic carbocycles. The van der Waals surface area contributed by atoms with E-state index in [-0.39, 0.29) is 39.3 Å². The van der Waals surface area contributed by atoms with Gasteiger partial charge in [-0.1, -0.05) is 133 Å². The standard InChI is InChI=1S/C62H65BN2OS/c1-57(2,3)34-19-22-36(23-20-34)65-46-33-44-42(60(9,10)26-28-62(44,13)14)31-39(46)49-50-37-17-15-16-18-47(37)66-55(50)51-38-30-41-43(61(11,12)27-25-59(41,7)8)32-45(38)64-53-40-29-35(58(4,5)6)21-24-48(40)67-56(53)63(65)52(49)54(51)64/h15-24,29-33H,25-28H2,1-14H3. The third-order valence-corrected chi connectivity index (χ3v) is 18.8. The summed E-state index contributed by atoms with van der Waals surface area (Å²) < 4.78 is 12.9. The van der Waals surface area contributed by atoms with Crippen LogP contribution in [0.1, 0.15) is 156 Å². The van der Waals surface area contributed by atoms with E-state index < -0.39 is 0 Å². The number of thiophene rings is 1. The van der Waals surface area contributed by atoms with E-state index in [0.717, 1.165) is 24.0 Å². The summed E-state index contributed by atoms with van der Waals surface area (Å²) in [5.74, 6) is 0. The van der Waals surface area contributed by atoms with Crippen LogP contribution in [-0.4, -0.2) is 11.4 Å². The van der Waals surface area contributed by atoms with Crippen LogP contribution < -0.4 is 15.1 Å². The zero-order valence-corrected chi connectivity index (χ0v) is 43.1. The SMILES string of the molecule is CC(C)(C)c1ccc(N2B3c4sc5ccc(C(C)(C)C)cc5c4-n4c5cc6c(cc5c5c7oc8ccccc8c7c(c3c54)-c3cc4c(cc32)C(C)(C)CCC4(C)C)C(C)(C)CCC6(C)C)cc1. The molecule has 0 saturated heterocycles. The first-order valence-electron chi connectivity index (χ1n) is 25.1. The van der Waals surface area contributed by atoms with Crippen molar-refractivity contribution in [3.63, 3.8) is 0 Å². The van der Waals surface area contributed by atoms with E-state index in [0.29, 0.717) is 0 Å². The summed E-state index contributed by atoms with van der Waals surface area (Å²) in [5.41, 5.74) is 21.5. The maximum absolute atomic E-state index is 7.40. The number of furan rings is 1. The summed E-state index contributed by atoms with van der Waals surface area (Å²) in [6.07, 6.45) is 4.66. The molecule has 2 aliphatic heterocycles. The van der Waals surface area contributed by atoms with E-state index in [4.69, 9.17) is 4.42 Å². The van der Waals surface area contributed by atoms with Crippen molar-refractivity contribution < 1.29 is 4.42 Å². The van der Waals surface area contributed by atoms with Crippen molar-refractivity contribution in [3.05, 3.63) is 124 Å². The van der Waals surface area contributed by atoms with Gasteiger partial charge in [0.2, 0.25) is 0 Å². The van der Waals surface area contributed by atoms with Crippen LogP contribution in [0.2, 0.25) is 0 Å². The molecule has 13 rings (SSSR count). The number of nitrogens with zero attached hydrogens (tertiary/aromatic N) is 2. The Morgan fingerprint density at radius 2 is 1.16 bits per heavy atom. The topological polar surface area (TPSA) is 21.3 Å². The zero-order valence-electron chi connectivity index (χ0n) is 42.3. The van der Waals surface area contributed by atoms with Gasteiger partial charge in [-0.3, -0.25) is 0 Å². The summed E-state index contributed by atoms with van der Waals surface area (Å²) in [6.45, 7) is 33.8. The van der Waals surface area contributed by atoms with Crippen LogP contribution in [0.25, 0.3) is 70.6 Å². The minimum Gasteiger partial charge on any atom is -0.455 e. The number of hydrogen-bond donors (Lipinski definition) is 0.